The number of rotatable bonds is 8. The molecule has 0 saturated heterocycles. The van der Waals surface area contributed by atoms with Crippen LogP contribution >= 0.6 is 15.9 Å². The van der Waals surface area contributed by atoms with Gasteiger partial charge in [-0.1, -0.05) is 28.8 Å². The van der Waals surface area contributed by atoms with Gasteiger partial charge in [-0.2, -0.15) is 0 Å². The summed E-state index contributed by atoms with van der Waals surface area (Å²) in [6, 6.07) is 0.0707. The number of hydrogen-bond donors (Lipinski definition) is 3. The molecule has 0 aromatic heterocycles. The predicted octanol–water partition coefficient (Wildman–Crippen LogP) is 1.18. The molecular weight excluding hydrogens is 308 g/mol. The van der Waals surface area contributed by atoms with Crippen LogP contribution in [0.1, 0.15) is 39.5 Å². The van der Waals surface area contributed by atoms with Gasteiger partial charge in [0.1, 0.15) is 4.32 Å². The Hall–Kier alpha value is 0.0469. The molecule has 5 nitrogen and oxygen atoms in total. The average molecular weight is 329 g/mol. The summed E-state index contributed by atoms with van der Waals surface area (Å²) in [5.41, 5.74) is 0. The maximum absolute atomic E-state index is 11.3. The fraction of sp³-hybridized carbons (Fsp3) is 0.900. The molecule has 0 fully saturated rings. The Bertz CT molecular complexity index is 234. The largest absolute Gasteiger partial charge is 0.492 e. The molecule has 0 spiro atoms. The van der Waals surface area contributed by atoms with E-state index in [9.17, 15) is 4.79 Å². The summed E-state index contributed by atoms with van der Waals surface area (Å²) in [6.07, 6.45) is 2.94. The van der Waals surface area contributed by atoms with E-state index in [0.29, 0.717) is 13.0 Å². The van der Waals surface area contributed by atoms with Crippen LogP contribution in [0.4, 0.5) is 0 Å². The highest BCUT2D eigenvalue weighted by molar-refractivity contribution is 9.10. The summed E-state index contributed by atoms with van der Waals surface area (Å²) in [7, 11) is -3.86. The molecule has 0 radical (unpaired) electrons. The Morgan fingerprint density at radius 1 is 1.18 bits per heavy atom. The summed E-state index contributed by atoms with van der Waals surface area (Å²) < 4.78 is 4.38. The lowest BCUT2D eigenvalue weighted by atomic mass is 10.2. The normalized spacial score (nSPS) is 12.6. The molecule has 7 heteroatoms. The molecule has 0 heterocycles. The number of halogens is 1. The van der Waals surface area contributed by atoms with E-state index in [4.69, 9.17) is 19.1 Å². The van der Waals surface area contributed by atoms with Gasteiger partial charge >= 0.3 is 14.8 Å². The van der Waals surface area contributed by atoms with Crippen molar-refractivity contribution < 1.29 is 23.9 Å². The van der Waals surface area contributed by atoms with Crippen molar-refractivity contribution in [2.24, 2.45) is 0 Å². The average Bonchev–Trinajstić information content (AvgIpc) is 2.12. The van der Waals surface area contributed by atoms with Crippen LogP contribution in [0.15, 0.2) is 0 Å². The highest BCUT2D eigenvalue weighted by Gasteiger charge is 2.26. The highest BCUT2D eigenvalue weighted by Crippen LogP contribution is 2.17. The van der Waals surface area contributed by atoms with E-state index in [1.165, 1.54) is 0 Å². The molecule has 0 unspecified atom stereocenters. The number of alkyl halides is 1. The van der Waals surface area contributed by atoms with Crippen molar-refractivity contribution in [1.82, 2.24) is 0 Å². The molecule has 0 atom stereocenters. The van der Waals surface area contributed by atoms with Gasteiger partial charge in [-0.15, -0.1) is 0 Å². The minimum absolute atomic E-state index is 0.0707. The van der Waals surface area contributed by atoms with Crippen LogP contribution < -0.4 is 0 Å². The molecule has 0 rings (SSSR count). The smallest absolute Gasteiger partial charge is 0.465 e. The number of carbonyl (C=O) groups excluding carboxylic acids is 1. The van der Waals surface area contributed by atoms with Gasteiger partial charge in [0, 0.05) is 6.04 Å². The summed E-state index contributed by atoms with van der Waals surface area (Å²) >= 11 is 3.21. The summed E-state index contributed by atoms with van der Waals surface area (Å²) in [6.45, 7) is 3.82. The number of hydrogen-bond acceptors (Lipinski definition) is 5. The Labute approximate surface area is 111 Å². The van der Waals surface area contributed by atoms with E-state index < -0.39 is 13.1 Å². The summed E-state index contributed by atoms with van der Waals surface area (Å²) in [5.74, 6) is -0.287. The zero-order chi connectivity index (χ0) is 13.5. The van der Waals surface area contributed by atoms with Gasteiger partial charge in [-0.25, -0.2) is 0 Å². The minimum atomic E-state index is -3.86. The molecule has 0 saturated carbocycles. The number of carbonyl (C=O) groups is 1. The fourth-order valence-corrected chi connectivity index (χ4v) is 1.99. The second-order valence-corrected chi connectivity index (χ2v) is 8.58. The Kier molecular flexibility index (Phi) is 7.50. The van der Waals surface area contributed by atoms with Crippen LogP contribution in [0.5, 0.6) is 0 Å². The third-order valence-corrected chi connectivity index (χ3v) is 3.47. The van der Waals surface area contributed by atoms with Crippen molar-refractivity contribution in [3.8, 4) is 0 Å². The molecule has 0 aromatic rings. The molecule has 3 N–H and O–H groups in total. The van der Waals surface area contributed by atoms with Crippen molar-refractivity contribution in [3.05, 3.63) is 0 Å². The van der Waals surface area contributed by atoms with E-state index in [0.717, 1.165) is 19.3 Å². The third kappa shape index (κ3) is 10.9. The summed E-state index contributed by atoms with van der Waals surface area (Å²) in [5, 5.41) is 0. The lowest BCUT2D eigenvalue weighted by molar-refractivity contribution is -0.145. The van der Waals surface area contributed by atoms with Crippen molar-refractivity contribution in [1.29, 1.82) is 0 Å². The minimum Gasteiger partial charge on any atom is -0.465 e. The first-order valence-electron chi connectivity index (χ1n) is 5.66. The predicted molar refractivity (Wildman–Crippen MR) is 69.7 cm³/mol. The first-order valence-corrected chi connectivity index (χ1v) is 8.50. The van der Waals surface area contributed by atoms with Crippen LogP contribution in [0.2, 0.25) is 6.04 Å². The highest BCUT2D eigenvalue weighted by atomic mass is 79.9. The molecule has 17 heavy (non-hydrogen) atoms. The van der Waals surface area contributed by atoms with Gasteiger partial charge in [-0.3, -0.25) is 4.79 Å². The van der Waals surface area contributed by atoms with Crippen LogP contribution in [0.25, 0.3) is 0 Å². The van der Waals surface area contributed by atoms with Gasteiger partial charge in [-0.05, 0) is 26.7 Å². The zero-order valence-electron chi connectivity index (χ0n) is 10.3. The Morgan fingerprint density at radius 2 is 1.71 bits per heavy atom. The standard InChI is InChI=1S/C10H21BrO5Si/c1-10(2,11)9(12)16-7-5-3-4-6-8-17(13,14)15/h13-15H,3-8H2,1-2H3. The maximum Gasteiger partial charge on any atom is 0.492 e. The van der Waals surface area contributed by atoms with Gasteiger partial charge in [0.15, 0.2) is 0 Å². The van der Waals surface area contributed by atoms with Crippen molar-refractivity contribution in [3.63, 3.8) is 0 Å². The molecule has 0 bridgehead atoms. The van der Waals surface area contributed by atoms with Gasteiger partial charge in [0.2, 0.25) is 0 Å². The van der Waals surface area contributed by atoms with Crippen LogP contribution in [0.3, 0.4) is 0 Å². The maximum atomic E-state index is 11.3. The van der Waals surface area contributed by atoms with Crippen LogP contribution in [-0.4, -0.2) is 40.1 Å². The molecule has 0 amide bonds. The van der Waals surface area contributed by atoms with E-state index >= 15 is 0 Å². The lowest BCUT2D eigenvalue weighted by Crippen LogP contribution is -2.33. The van der Waals surface area contributed by atoms with Crippen molar-refractivity contribution >= 4 is 30.7 Å². The third-order valence-electron chi connectivity index (χ3n) is 2.13. The van der Waals surface area contributed by atoms with Gasteiger partial charge in [0.05, 0.1) is 6.61 Å². The SMILES string of the molecule is CC(C)(Br)C(=O)OCCCCCC[Si](O)(O)O. The Balaban J connectivity index is 3.39. The monoisotopic (exact) mass is 328 g/mol. The van der Waals surface area contributed by atoms with Crippen LogP contribution in [0, 0.1) is 0 Å². The van der Waals surface area contributed by atoms with E-state index in [1.807, 2.05) is 0 Å². The molecule has 0 aliphatic carbocycles. The van der Waals surface area contributed by atoms with Crippen molar-refractivity contribution in [2.75, 3.05) is 6.61 Å². The molecule has 0 aliphatic heterocycles. The number of unbranched alkanes of at least 4 members (excludes halogenated alkanes) is 3. The topological polar surface area (TPSA) is 87.0 Å². The molecule has 0 aromatic carbocycles. The molecule has 0 aliphatic rings. The second kappa shape index (κ2) is 7.47. The Morgan fingerprint density at radius 3 is 2.18 bits per heavy atom. The van der Waals surface area contributed by atoms with Crippen molar-refractivity contribution in [2.45, 2.75) is 49.9 Å². The second-order valence-electron chi connectivity index (χ2n) is 4.55. The van der Waals surface area contributed by atoms with E-state index in [2.05, 4.69) is 15.9 Å². The van der Waals surface area contributed by atoms with E-state index in [-0.39, 0.29) is 12.0 Å². The zero-order valence-corrected chi connectivity index (χ0v) is 12.9. The number of ether oxygens (including phenoxy) is 1. The van der Waals surface area contributed by atoms with Gasteiger partial charge in [0.25, 0.3) is 0 Å². The van der Waals surface area contributed by atoms with Crippen LogP contribution in [-0.2, 0) is 9.53 Å². The molecule has 102 valence electrons. The van der Waals surface area contributed by atoms with Gasteiger partial charge < -0.3 is 19.1 Å². The quantitative estimate of drug-likeness (QED) is 0.269. The molecular formula is C10H21BrO5Si. The first kappa shape index (κ1) is 17.0. The summed E-state index contributed by atoms with van der Waals surface area (Å²) in [4.78, 5) is 37.6. The lowest BCUT2D eigenvalue weighted by Gasteiger charge is -2.14. The fourth-order valence-electron chi connectivity index (χ4n) is 1.15. The number of esters is 1. The first-order chi connectivity index (χ1) is 7.63. The van der Waals surface area contributed by atoms with E-state index in [1.54, 1.807) is 13.8 Å².